The normalized spacial score (nSPS) is 24.4. The zero-order chi connectivity index (χ0) is 14.0. The molecular weight excluding hydrogens is 252 g/mol. The average molecular weight is 269 g/mol. The molecule has 5 heteroatoms. The zero-order valence-electron chi connectivity index (χ0n) is 10.8. The predicted octanol–water partition coefficient (Wildman–Crippen LogP) is 2.65. The van der Waals surface area contributed by atoms with Crippen molar-refractivity contribution in [2.75, 3.05) is 6.54 Å². The van der Waals surface area contributed by atoms with Crippen molar-refractivity contribution in [3.63, 3.8) is 0 Å². The number of nitrogens with zero attached hydrogens (tertiary/aromatic N) is 1. The van der Waals surface area contributed by atoms with Crippen LogP contribution in [0.25, 0.3) is 0 Å². The van der Waals surface area contributed by atoms with E-state index in [9.17, 15) is 13.6 Å². The Morgan fingerprint density at radius 3 is 2.53 bits per heavy atom. The number of rotatable bonds is 3. The number of likely N-dealkylation sites (tertiary alicyclic amines) is 1. The molecule has 1 aromatic rings. The molecule has 0 saturated carbocycles. The largest absolute Gasteiger partial charge is 0.481 e. The van der Waals surface area contributed by atoms with Crippen molar-refractivity contribution in [2.24, 2.45) is 5.92 Å². The van der Waals surface area contributed by atoms with E-state index < -0.39 is 17.6 Å². The summed E-state index contributed by atoms with van der Waals surface area (Å²) in [6.07, 6.45) is 1.16. The fourth-order valence-electron chi connectivity index (χ4n) is 2.62. The summed E-state index contributed by atoms with van der Waals surface area (Å²) in [5.74, 6) is -2.23. The second-order valence-corrected chi connectivity index (χ2v) is 5.16. The van der Waals surface area contributed by atoms with Crippen LogP contribution in [0.4, 0.5) is 8.78 Å². The maximum atomic E-state index is 13.1. The number of halogens is 2. The van der Waals surface area contributed by atoms with E-state index in [0.717, 1.165) is 6.07 Å². The second-order valence-electron chi connectivity index (χ2n) is 5.16. The van der Waals surface area contributed by atoms with E-state index in [-0.39, 0.29) is 12.0 Å². The van der Waals surface area contributed by atoms with E-state index in [1.54, 1.807) is 0 Å². The molecule has 0 aromatic heterocycles. The van der Waals surface area contributed by atoms with E-state index >= 15 is 0 Å². The lowest BCUT2D eigenvalue weighted by molar-refractivity contribution is -0.144. The molecule has 1 aliphatic heterocycles. The van der Waals surface area contributed by atoms with Crippen molar-refractivity contribution in [2.45, 2.75) is 32.4 Å². The SMILES string of the molecule is CC1CC(C(=O)O)CCN1Cc1cc(F)cc(F)c1. The van der Waals surface area contributed by atoms with Gasteiger partial charge < -0.3 is 5.11 Å². The van der Waals surface area contributed by atoms with Crippen LogP contribution in [-0.2, 0) is 11.3 Å². The number of benzene rings is 1. The van der Waals surface area contributed by atoms with E-state index in [1.165, 1.54) is 12.1 Å². The highest BCUT2D eigenvalue weighted by atomic mass is 19.1. The van der Waals surface area contributed by atoms with E-state index in [1.807, 2.05) is 6.92 Å². The molecule has 1 N–H and O–H groups in total. The smallest absolute Gasteiger partial charge is 0.306 e. The van der Waals surface area contributed by atoms with Crippen LogP contribution in [0.15, 0.2) is 18.2 Å². The highest BCUT2D eigenvalue weighted by molar-refractivity contribution is 5.70. The minimum Gasteiger partial charge on any atom is -0.481 e. The van der Waals surface area contributed by atoms with Gasteiger partial charge in [-0.25, -0.2) is 8.78 Å². The molecular formula is C14H17F2NO2. The molecule has 104 valence electrons. The van der Waals surface area contributed by atoms with Crippen molar-refractivity contribution < 1.29 is 18.7 Å². The monoisotopic (exact) mass is 269 g/mol. The summed E-state index contributed by atoms with van der Waals surface area (Å²) < 4.78 is 26.2. The first-order valence-corrected chi connectivity index (χ1v) is 6.37. The third-order valence-electron chi connectivity index (χ3n) is 3.67. The van der Waals surface area contributed by atoms with Crippen LogP contribution in [0.3, 0.4) is 0 Å². The highest BCUT2D eigenvalue weighted by Crippen LogP contribution is 2.24. The third kappa shape index (κ3) is 3.50. The zero-order valence-corrected chi connectivity index (χ0v) is 10.8. The van der Waals surface area contributed by atoms with Gasteiger partial charge >= 0.3 is 5.97 Å². The van der Waals surface area contributed by atoms with Crippen molar-refractivity contribution in [3.05, 3.63) is 35.4 Å². The maximum absolute atomic E-state index is 13.1. The number of carboxylic acid groups (broad SMARTS) is 1. The molecule has 2 atom stereocenters. The fraction of sp³-hybridized carbons (Fsp3) is 0.500. The number of carboxylic acids is 1. The molecule has 1 aliphatic rings. The summed E-state index contributed by atoms with van der Waals surface area (Å²) in [4.78, 5) is 13.0. The van der Waals surface area contributed by atoms with Crippen LogP contribution in [-0.4, -0.2) is 28.6 Å². The van der Waals surface area contributed by atoms with Crippen LogP contribution in [0.5, 0.6) is 0 Å². The molecule has 1 saturated heterocycles. The molecule has 1 heterocycles. The summed E-state index contributed by atoms with van der Waals surface area (Å²) in [5.41, 5.74) is 0.582. The number of aliphatic carboxylic acids is 1. The van der Waals surface area contributed by atoms with Crippen LogP contribution in [0.1, 0.15) is 25.3 Å². The summed E-state index contributed by atoms with van der Waals surface area (Å²) in [6.45, 7) is 3.03. The lowest BCUT2D eigenvalue weighted by Crippen LogP contribution is -2.42. The van der Waals surface area contributed by atoms with Crippen LogP contribution >= 0.6 is 0 Å². The topological polar surface area (TPSA) is 40.5 Å². The summed E-state index contributed by atoms with van der Waals surface area (Å²) in [6, 6.07) is 3.59. The molecule has 1 fully saturated rings. The molecule has 0 amide bonds. The molecule has 2 unspecified atom stereocenters. The Labute approximate surface area is 110 Å². The van der Waals surface area contributed by atoms with Gasteiger partial charge in [-0.15, -0.1) is 0 Å². The average Bonchev–Trinajstić information content (AvgIpc) is 2.30. The summed E-state index contributed by atoms with van der Waals surface area (Å²) >= 11 is 0. The molecule has 0 spiro atoms. The molecule has 2 rings (SSSR count). The van der Waals surface area contributed by atoms with Crippen molar-refractivity contribution in [1.82, 2.24) is 4.90 Å². The van der Waals surface area contributed by atoms with E-state index in [4.69, 9.17) is 5.11 Å². The Bertz CT molecular complexity index is 458. The summed E-state index contributed by atoms with van der Waals surface area (Å²) in [7, 11) is 0. The van der Waals surface area contributed by atoms with E-state index in [0.29, 0.717) is 31.5 Å². The lowest BCUT2D eigenvalue weighted by Gasteiger charge is -2.36. The van der Waals surface area contributed by atoms with Crippen LogP contribution < -0.4 is 0 Å². The lowest BCUT2D eigenvalue weighted by atomic mass is 9.91. The van der Waals surface area contributed by atoms with Crippen LogP contribution in [0, 0.1) is 17.6 Å². The van der Waals surface area contributed by atoms with Gasteiger partial charge in [-0.05, 0) is 44.0 Å². The van der Waals surface area contributed by atoms with Crippen molar-refractivity contribution in [3.8, 4) is 0 Å². The van der Waals surface area contributed by atoms with Gasteiger partial charge in [0.15, 0.2) is 0 Å². The van der Waals surface area contributed by atoms with Gasteiger partial charge in [-0.2, -0.15) is 0 Å². The highest BCUT2D eigenvalue weighted by Gasteiger charge is 2.29. The van der Waals surface area contributed by atoms with Gasteiger partial charge in [-0.1, -0.05) is 0 Å². The number of hydrogen-bond donors (Lipinski definition) is 1. The number of carbonyl (C=O) groups is 1. The van der Waals surface area contributed by atoms with E-state index in [2.05, 4.69) is 4.90 Å². The number of hydrogen-bond acceptors (Lipinski definition) is 2. The first-order chi connectivity index (χ1) is 8.95. The van der Waals surface area contributed by atoms with Crippen molar-refractivity contribution >= 4 is 5.97 Å². The first-order valence-electron chi connectivity index (χ1n) is 6.37. The maximum Gasteiger partial charge on any atom is 0.306 e. The van der Waals surface area contributed by atoms with Gasteiger partial charge in [0, 0.05) is 18.7 Å². The number of piperidine rings is 1. The fourth-order valence-corrected chi connectivity index (χ4v) is 2.62. The minimum absolute atomic E-state index is 0.0983. The Hall–Kier alpha value is -1.49. The first kappa shape index (κ1) is 13.9. The third-order valence-corrected chi connectivity index (χ3v) is 3.67. The molecule has 1 aromatic carbocycles. The molecule has 0 aliphatic carbocycles. The molecule has 0 bridgehead atoms. The summed E-state index contributed by atoms with van der Waals surface area (Å²) in [5, 5.41) is 8.99. The molecule has 3 nitrogen and oxygen atoms in total. The van der Waals surface area contributed by atoms with Gasteiger partial charge in [0.05, 0.1) is 5.92 Å². The van der Waals surface area contributed by atoms with Crippen LogP contribution in [0.2, 0.25) is 0 Å². The van der Waals surface area contributed by atoms with Gasteiger partial charge in [0.1, 0.15) is 11.6 Å². The quantitative estimate of drug-likeness (QED) is 0.917. The Balaban J connectivity index is 2.02. The second kappa shape index (κ2) is 5.65. The molecule has 19 heavy (non-hydrogen) atoms. The van der Waals surface area contributed by atoms with Gasteiger partial charge in [0.2, 0.25) is 0 Å². The Kier molecular flexibility index (Phi) is 4.14. The predicted molar refractivity (Wildman–Crippen MR) is 66.6 cm³/mol. The van der Waals surface area contributed by atoms with Gasteiger partial charge in [-0.3, -0.25) is 9.69 Å². The van der Waals surface area contributed by atoms with Gasteiger partial charge in [0.25, 0.3) is 0 Å². The Morgan fingerprint density at radius 2 is 2.00 bits per heavy atom. The molecule has 0 radical (unpaired) electrons. The van der Waals surface area contributed by atoms with Crippen molar-refractivity contribution in [1.29, 1.82) is 0 Å². The minimum atomic E-state index is -0.761. The Morgan fingerprint density at radius 1 is 1.37 bits per heavy atom. The standard InChI is InChI=1S/C14H17F2NO2/c1-9-4-11(14(18)19)2-3-17(9)8-10-5-12(15)7-13(16)6-10/h5-7,9,11H,2-4,8H2,1H3,(H,18,19).